The van der Waals surface area contributed by atoms with Gasteiger partial charge in [0.2, 0.25) is 0 Å². The van der Waals surface area contributed by atoms with Crippen LogP contribution in [0.15, 0.2) is 42.5 Å². The number of aryl methyl sites for hydroxylation is 2. The number of hydrogen-bond donors (Lipinski definition) is 2. The summed E-state index contributed by atoms with van der Waals surface area (Å²) in [5.74, 6) is -1.97. The van der Waals surface area contributed by atoms with Crippen molar-refractivity contribution in [1.29, 1.82) is 0 Å². The number of carbonyl (C=O) groups excluding carboxylic acids is 2. The molecule has 1 fully saturated rings. The van der Waals surface area contributed by atoms with Crippen LogP contribution in [0.5, 0.6) is 0 Å². The Morgan fingerprint density at radius 3 is 2.30 bits per heavy atom. The number of hydrogen-bond acceptors (Lipinski definition) is 4. The van der Waals surface area contributed by atoms with Crippen molar-refractivity contribution in [1.82, 2.24) is 15.1 Å². The lowest BCUT2D eigenvalue weighted by Gasteiger charge is -2.38. The normalized spacial score (nSPS) is 16.1. The zero-order valence-electron chi connectivity index (χ0n) is 17.7. The van der Waals surface area contributed by atoms with Gasteiger partial charge in [0, 0.05) is 38.4 Å². The van der Waals surface area contributed by atoms with E-state index in [0.29, 0.717) is 12.1 Å². The van der Waals surface area contributed by atoms with Gasteiger partial charge in [-0.25, -0.2) is 4.39 Å². The van der Waals surface area contributed by atoms with Crippen molar-refractivity contribution in [3.8, 4) is 0 Å². The predicted molar refractivity (Wildman–Crippen MR) is 116 cm³/mol. The Kier molecular flexibility index (Phi) is 7.18. The summed E-state index contributed by atoms with van der Waals surface area (Å²) >= 11 is 0. The van der Waals surface area contributed by atoms with Gasteiger partial charge in [0.15, 0.2) is 0 Å². The van der Waals surface area contributed by atoms with Crippen LogP contribution in [0.3, 0.4) is 0 Å². The Labute approximate surface area is 177 Å². The third-order valence-electron chi connectivity index (χ3n) is 5.53. The lowest BCUT2D eigenvalue weighted by Crippen LogP contribution is -2.49. The van der Waals surface area contributed by atoms with Crippen molar-refractivity contribution in [2.75, 3.05) is 45.1 Å². The Hall–Kier alpha value is -2.77. The summed E-state index contributed by atoms with van der Waals surface area (Å²) in [5, 5.41) is 5.21. The number of benzene rings is 2. The fourth-order valence-electron chi connectivity index (χ4n) is 3.51. The first-order valence-corrected chi connectivity index (χ1v) is 10.2. The topological polar surface area (TPSA) is 64.7 Å². The number of likely N-dealkylation sites (N-methyl/N-ethyl adjacent to an activating group) is 1. The van der Waals surface area contributed by atoms with Gasteiger partial charge in [0.25, 0.3) is 0 Å². The van der Waals surface area contributed by atoms with Gasteiger partial charge in [-0.05, 0) is 44.2 Å². The quantitative estimate of drug-likeness (QED) is 0.741. The number of anilines is 1. The molecule has 1 heterocycles. The maximum absolute atomic E-state index is 13.7. The summed E-state index contributed by atoms with van der Waals surface area (Å²) in [4.78, 5) is 29.2. The number of piperazine rings is 1. The van der Waals surface area contributed by atoms with Crippen LogP contribution >= 0.6 is 0 Å². The fourth-order valence-corrected chi connectivity index (χ4v) is 3.51. The molecular weight excluding hydrogens is 383 g/mol. The first-order valence-electron chi connectivity index (χ1n) is 10.2. The maximum atomic E-state index is 13.7. The molecule has 1 aliphatic rings. The summed E-state index contributed by atoms with van der Waals surface area (Å²) < 4.78 is 13.7. The van der Waals surface area contributed by atoms with Gasteiger partial charge in [0.1, 0.15) is 5.82 Å². The van der Waals surface area contributed by atoms with Gasteiger partial charge >= 0.3 is 11.8 Å². The Bertz CT molecular complexity index is 893. The van der Waals surface area contributed by atoms with Gasteiger partial charge in [-0.3, -0.25) is 14.5 Å². The molecule has 1 saturated heterocycles. The molecule has 1 atom stereocenters. The SMILES string of the molecule is Cc1ccc([C@@H](CNC(=O)C(=O)Nc2ccc(C)c(F)c2)N2CCN(C)CC2)cc1. The van der Waals surface area contributed by atoms with E-state index in [1.54, 1.807) is 19.1 Å². The van der Waals surface area contributed by atoms with Crippen LogP contribution in [0.1, 0.15) is 22.7 Å². The van der Waals surface area contributed by atoms with E-state index in [9.17, 15) is 14.0 Å². The minimum atomic E-state index is -0.806. The molecular formula is C23H29FN4O2. The zero-order valence-corrected chi connectivity index (χ0v) is 17.7. The minimum Gasteiger partial charge on any atom is -0.346 e. The number of nitrogens with zero attached hydrogens (tertiary/aromatic N) is 2. The van der Waals surface area contributed by atoms with Crippen molar-refractivity contribution in [2.45, 2.75) is 19.9 Å². The van der Waals surface area contributed by atoms with Crippen LogP contribution in [-0.4, -0.2) is 61.4 Å². The molecule has 6 nitrogen and oxygen atoms in total. The second kappa shape index (κ2) is 9.82. The van der Waals surface area contributed by atoms with Crippen molar-refractivity contribution in [3.05, 3.63) is 65.0 Å². The van der Waals surface area contributed by atoms with E-state index in [-0.39, 0.29) is 11.7 Å². The molecule has 160 valence electrons. The molecule has 0 radical (unpaired) electrons. The van der Waals surface area contributed by atoms with Crippen LogP contribution in [0.4, 0.5) is 10.1 Å². The largest absolute Gasteiger partial charge is 0.346 e. The minimum absolute atomic E-state index is 0.0205. The van der Waals surface area contributed by atoms with E-state index in [0.717, 1.165) is 31.7 Å². The molecule has 0 bridgehead atoms. The smallest absolute Gasteiger partial charge is 0.313 e. The van der Waals surface area contributed by atoms with Crippen LogP contribution in [0, 0.1) is 19.7 Å². The summed E-state index contributed by atoms with van der Waals surface area (Å²) in [6.45, 7) is 7.68. The van der Waals surface area contributed by atoms with E-state index in [1.165, 1.54) is 11.6 Å². The van der Waals surface area contributed by atoms with Gasteiger partial charge in [-0.2, -0.15) is 0 Å². The van der Waals surface area contributed by atoms with E-state index < -0.39 is 17.6 Å². The van der Waals surface area contributed by atoms with Crippen molar-refractivity contribution in [3.63, 3.8) is 0 Å². The van der Waals surface area contributed by atoms with Gasteiger partial charge in [-0.1, -0.05) is 35.9 Å². The Morgan fingerprint density at radius 2 is 1.67 bits per heavy atom. The lowest BCUT2D eigenvalue weighted by atomic mass is 10.0. The predicted octanol–water partition coefficient (Wildman–Crippen LogP) is 2.49. The molecule has 0 aliphatic carbocycles. The Morgan fingerprint density at radius 1 is 1.00 bits per heavy atom. The highest BCUT2D eigenvalue weighted by Gasteiger charge is 2.25. The highest BCUT2D eigenvalue weighted by atomic mass is 19.1. The highest BCUT2D eigenvalue weighted by Crippen LogP contribution is 2.22. The molecule has 0 spiro atoms. The molecule has 0 aromatic heterocycles. The highest BCUT2D eigenvalue weighted by molar-refractivity contribution is 6.39. The molecule has 2 amide bonds. The molecule has 2 N–H and O–H groups in total. The third kappa shape index (κ3) is 5.64. The van der Waals surface area contributed by atoms with E-state index >= 15 is 0 Å². The van der Waals surface area contributed by atoms with Crippen molar-refractivity contribution < 1.29 is 14.0 Å². The molecule has 30 heavy (non-hydrogen) atoms. The van der Waals surface area contributed by atoms with Crippen molar-refractivity contribution in [2.24, 2.45) is 0 Å². The van der Waals surface area contributed by atoms with Crippen LogP contribution < -0.4 is 10.6 Å². The van der Waals surface area contributed by atoms with Gasteiger partial charge in [0.05, 0.1) is 6.04 Å². The van der Waals surface area contributed by atoms with Crippen LogP contribution in [-0.2, 0) is 9.59 Å². The van der Waals surface area contributed by atoms with E-state index in [4.69, 9.17) is 0 Å². The molecule has 7 heteroatoms. The monoisotopic (exact) mass is 412 g/mol. The first kappa shape index (κ1) is 21.9. The standard InChI is InChI=1S/C23H29FN4O2/c1-16-4-7-18(8-5-16)21(28-12-10-27(3)11-13-28)15-25-22(29)23(30)26-19-9-6-17(2)20(24)14-19/h4-9,14,21H,10-13,15H2,1-3H3,(H,25,29)(H,26,30)/t21-/m1/s1. The van der Waals surface area contributed by atoms with E-state index in [1.807, 2.05) is 6.92 Å². The van der Waals surface area contributed by atoms with Crippen LogP contribution in [0.2, 0.25) is 0 Å². The third-order valence-corrected chi connectivity index (χ3v) is 5.53. The number of rotatable bonds is 5. The lowest BCUT2D eigenvalue weighted by molar-refractivity contribution is -0.136. The van der Waals surface area contributed by atoms with Crippen LogP contribution in [0.25, 0.3) is 0 Å². The molecule has 2 aromatic carbocycles. The average Bonchev–Trinajstić information content (AvgIpc) is 2.73. The summed E-state index contributed by atoms with van der Waals surface area (Å²) in [7, 11) is 2.10. The van der Waals surface area contributed by atoms with Gasteiger partial charge < -0.3 is 15.5 Å². The maximum Gasteiger partial charge on any atom is 0.313 e. The van der Waals surface area contributed by atoms with E-state index in [2.05, 4.69) is 51.7 Å². The molecule has 3 rings (SSSR count). The average molecular weight is 413 g/mol. The number of amides is 2. The first-order chi connectivity index (χ1) is 14.3. The summed E-state index contributed by atoms with van der Waals surface area (Å²) in [6.07, 6.45) is 0. The zero-order chi connectivity index (χ0) is 21.7. The Balaban J connectivity index is 1.65. The number of carbonyl (C=O) groups is 2. The summed E-state index contributed by atoms with van der Waals surface area (Å²) in [5.41, 5.74) is 3.01. The number of halogens is 1. The summed E-state index contributed by atoms with van der Waals surface area (Å²) in [6, 6.07) is 12.6. The molecule has 0 saturated carbocycles. The second-order valence-corrected chi connectivity index (χ2v) is 7.89. The molecule has 1 aliphatic heterocycles. The van der Waals surface area contributed by atoms with Gasteiger partial charge in [-0.15, -0.1) is 0 Å². The molecule has 0 unspecified atom stereocenters. The second-order valence-electron chi connectivity index (χ2n) is 7.89. The fraction of sp³-hybridized carbons (Fsp3) is 0.391. The van der Waals surface area contributed by atoms with Crippen molar-refractivity contribution >= 4 is 17.5 Å². The number of nitrogens with one attached hydrogen (secondary N) is 2. The molecule has 2 aromatic rings.